The minimum absolute atomic E-state index is 0.0436. The van der Waals surface area contributed by atoms with Crippen molar-refractivity contribution in [3.63, 3.8) is 0 Å². The van der Waals surface area contributed by atoms with Crippen LogP contribution in [0.1, 0.15) is 53.4 Å². The van der Waals surface area contributed by atoms with Gasteiger partial charge in [0.2, 0.25) is 0 Å². The molecule has 0 aliphatic carbocycles. The van der Waals surface area contributed by atoms with E-state index in [-0.39, 0.29) is 16.5 Å². The summed E-state index contributed by atoms with van der Waals surface area (Å²) in [6, 6.07) is 0. The zero-order valence-corrected chi connectivity index (χ0v) is 12.2. The highest BCUT2D eigenvalue weighted by Gasteiger charge is 2.29. The molecule has 0 aromatic rings. The van der Waals surface area contributed by atoms with Gasteiger partial charge in [-0.1, -0.05) is 38.5 Å². The fraction of sp³-hybridized carbons (Fsp3) is 0.846. The van der Waals surface area contributed by atoms with Crippen LogP contribution >= 0.6 is 11.8 Å². The maximum Gasteiger partial charge on any atom is 0.302 e. The first-order valence-electron chi connectivity index (χ1n) is 6.22. The minimum Gasteiger partial charge on any atom is -0.465 e. The molecule has 0 bridgehead atoms. The van der Waals surface area contributed by atoms with Crippen LogP contribution in [-0.4, -0.2) is 23.4 Å². The molecule has 0 spiro atoms. The molecule has 0 N–H and O–H groups in total. The number of rotatable bonds is 8. The minimum atomic E-state index is -0.243. The van der Waals surface area contributed by atoms with Crippen molar-refractivity contribution in [3.8, 4) is 0 Å². The first kappa shape index (κ1) is 16.5. The van der Waals surface area contributed by atoms with Crippen LogP contribution in [0.5, 0.6) is 0 Å². The lowest BCUT2D eigenvalue weighted by molar-refractivity contribution is -0.144. The molecule has 0 radical (unpaired) electrons. The summed E-state index contributed by atoms with van der Waals surface area (Å²) in [5, 5.41) is 0.127. The molecule has 17 heavy (non-hydrogen) atoms. The molecular weight excluding hydrogens is 236 g/mol. The van der Waals surface area contributed by atoms with Crippen molar-refractivity contribution in [1.82, 2.24) is 0 Å². The zero-order chi connectivity index (χ0) is 13.3. The predicted octanol–water partition coefficient (Wildman–Crippen LogP) is 3.42. The van der Waals surface area contributed by atoms with E-state index in [1.165, 1.54) is 18.7 Å². The van der Waals surface area contributed by atoms with E-state index < -0.39 is 0 Å². The van der Waals surface area contributed by atoms with Gasteiger partial charge in [-0.15, -0.1) is 0 Å². The molecule has 3 nitrogen and oxygen atoms in total. The Morgan fingerprint density at radius 2 is 1.88 bits per heavy atom. The highest BCUT2D eigenvalue weighted by molar-refractivity contribution is 8.13. The summed E-state index contributed by atoms with van der Waals surface area (Å²) in [7, 11) is 0. The smallest absolute Gasteiger partial charge is 0.302 e. The van der Waals surface area contributed by atoms with Crippen molar-refractivity contribution in [2.24, 2.45) is 5.41 Å². The van der Waals surface area contributed by atoms with Gasteiger partial charge >= 0.3 is 5.97 Å². The molecule has 0 saturated carbocycles. The normalized spacial score (nSPS) is 14.1. The fourth-order valence-electron chi connectivity index (χ4n) is 1.63. The Morgan fingerprint density at radius 1 is 1.24 bits per heavy atom. The Labute approximate surface area is 109 Å². The van der Waals surface area contributed by atoms with Crippen LogP contribution in [0, 0.1) is 5.41 Å². The van der Waals surface area contributed by atoms with E-state index in [1.54, 1.807) is 6.92 Å². The van der Waals surface area contributed by atoms with Crippen LogP contribution in [0.15, 0.2) is 0 Å². The van der Waals surface area contributed by atoms with Gasteiger partial charge in [0.15, 0.2) is 5.12 Å². The third-order valence-corrected chi connectivity index (χ3v) is 4.14. The van der Waals surface area contributed by atoms with Crippen LogP contribution in [0.25, 0.3) is 0 Å². The van der Waals surface area contributed by atoms with Gasteiger partial charge in [0.1, 0.15) is 0 Å². The standard InChI is InChI=1S/C13H24O3S/c1-5-7-8-13(6-2,9-16-11(3)14)10-17-12(4)15/h5-10H2,1-4H3. The molecule has 0 amide bonds. The summed E-state index contributed by atoms with van der Waals surface area (Å²) < 4.78 is 5.16. The van der Waals surface area contributed by atoms with E-state index >= 15 is 0 Å². The lowest BCUT2D eigenvalue weighted by Gasteiger charge is -2.31. The summed E-state index contributed by atoms with van der Waals surface area (Å²) in [5.41, 5.74) is -0.0436. The third-order valence-electron chi connectivity index (χ3n) is 2.97. The predicted molar refractivity (Wildman–Crippen MR) is 72.0 cm³/mol. The number of unbranched alkanes of at least 4 members (excludes halogenated alkanes) is 1. The van der Waals surface area contributed by atoms with Gasteiger partial charge < -0.3 is 4.74 Å². The lowest BCUT2D eigenvalue weighted by Crippen LogP contribution is -2.30. The van der Waals surface area contributed by atoms with Gasteiger partial charge in [-0.05, 0) is 12.8 Å². The molecule has 1 atom stereocenters. The topological polar surface area (TPSA) is 43.4 Å². The Balaban J connectivity index is 4.48. The van der Waals surface area contributed by atoms with Crippen LogP contribution in [-0.2, 0) is 14.3 Å². The molecule has 0 aliphatic heterocycles. The van der Waals surface area contributed by atoms with Gasteiger partial charge in [0.25, 0.3) is 0 Å². The van der Waals surface area contributed by atoms with Crippen molar-refractivity contribution in [2.75, 3.05) is 12.4 Å². The largest absolute Gasteiger partial charge is 0.465 e. The van der Waals surface area contributed by atoms with Crippen molar-refractivity contribution >= 4 is 22.8 Å². The summed E-state index contributed by atoms with van der Waals surface area (Å²) in [4.78, 5) is 22.0. The van der Waals surface area contributed by atoms with Gasteiger partial charge in [-0.25, -0.2) is 0 Å². The molecule has 0 aromatic carbocycles. The third kappa shape index (κ3) is 7.42. The fourth-order valence-corrected chi connectivity index (χ4v) is 2.57. The van der Waals surface area contributed by atoms with Gasteiger partial charge in [-0.2, -0.15) is 0 Å². The van der Waals surface area contributed by atoms with Gasteiger partial charge in [-0.3, -0.25) is 9.59 Å². The molecule has 0 heterocycles. The van der Waals surface area contributed by atoms with Gasteiger partial charge in [0.05, 0.1) is 6.61 Å². The number of carbonyl (C=O) groups is 2. The van der Waals surface area contributed by atoms with E-state index in [2.05, 4.69) is 13.8 Å². The van der Waals surface area contributed by atoms with E-state index in [4.69, 9.17) is 4.74 Å². The monoisotopic (exact) mass is 260 g/mol. The van der Waals surface area contributed by atoms with E-state index in [0.29, 0.717) is 6.61 Å². The van der Waals surface area contributed by atoms with E-state index in [0.717, 1.165) is 31.4 Å². The van der Waals surface area contributed by atoms with Crippen molar-refractivity contribution in [3.05, 3.63) is 0 Å². The molecule has 100 valence electrons. The average molecular weight is 260 g/mol. The van der Waals surface area contributed by atoms with Crippen molar-refractivity contribution in [1.29, 1.82) is 0 Å². The van der Waals surface area contributed by atoms with Crippen LogP contribution in [0.2, 0.25) is 0 Å². The number of esters is 1. The Hall–Kier alpha value is -0.510. The van der Waals surface area contributed by atoms with E-state index in [9.17, 15) is 9.59 Å². The first-order chi connectivity index (χ1) is 7.95. The average Bonchev–Trinajstić information content (AvgIpc) is 2.28. The molecule has 0 rings (SSSR count). The Morgan fingerprint density at radius 3 is 2.29 bits per heavy atom. The second-order valence-electron chi connectivity index (χ2n) is 4.52. The molecule has 1 unspecified atom stereocenters. The number of ether oxygens (including phenoxy) is 1. The number of carbonyl (C=O) groups excluding carboxylic acids is 2. The quantitative estimate of drug-likeness (QED) is 0.627. The second kappa shape index (κ2) is 8.56. The highest BCUT2D eigenvalue weighted by atomic mass is 32.2. The number of hydrogen-bond acceptors (Lipinski definition) is 4. The molecule has 0 saturated heterocycles. The van der Waals surface area contributed by atoms with Crippen LogP contribution in [0.4, 0.5) is 0 Å². The van der Waals surface area contributed by atoms with Gasteiger partial charge in [0, 0.05) is 25.0 Å². The molecule has 0 fully saturated rings. The maximum absolute atomic E-state index is 11.1. The number of hydrogen-bond donors (Lipinski definition) is 0. The van der Waals surface area contributed by atoms with Crippen LogP contribution < -0.4 is 0 Å². The Bertz CT molecular complexity index is 233. The molecular formula is C13H24O3S. The molecule has 4 heteroatoms. The second-order valence-corrected chi connectivity index (χ2v) is 5.67. The summed E-state index contributed by atoms with van der Waals surface area (Å²) in [6.45, 7) is 7.68. The molecule has 0 aliphatic rings. The number of thioether (sulfide) groups is 1. The summed E-state index contributed by atoms with van der Waals surface area (Å²) in [6.07, 6.45) is 4.16. The first-order valence-corrected chi connectivity index (χ1v) is 7.21. The van der Waals surface area contributed by atoms with E-state index in [1.807, 2.05) is 0 Å². The molecule has 0 aromatic heterocycles. The van der Waals surface area contributed by atoms with Crippen molar-refractivity contribution in [2.45, 2.75) is 53.4 Å². The van der Waals surface area contributed by atoms with Crippen molar-refractivity contribution < 1.29 is 14.3 Å². The zero-order valence-electron chi connectivity index (χ0n) is 11.4. The summed E-state index contributed by atoms with van der Waals surface area (Å²) >= 11 is 1.33. The summed E-state index contributed by atoms with van der Waals surface area (Å²) in [5.74, 6) is 0.499. The van der Waals surface area contributed by atoms with Crippen LogP contribution in [0.3, 0.4) is 0 Å². The maximum atomic E-state index is 11.1. The lowest BCUT2D eigenvalue weighted by atomic mass is 9.83. The SMILES string of the molecule is CCCCC(CC)(COC(C)=O)CSC(C)=O. The highest BCUT2D eigenvalue weighted by Crippen LogP contribution is 2.33. The Kier molecular flexibility index (Phi) is 8.30.